The van der Waals surface area contributed by atoms with Crippen LogP contribution in [-0.2, 0) is 4.79 Å². The number of nitro benzene ring substituents is 1. The molecule has 3 N–H and O–H groups in total. The number of carbonyl (C=O) groups excluding carboxylic acids is 1. The lowest BCUT2D eigenvalue weighted by Crippen LogP contribution is -2.35. The zero-order chi connectivity index (χ0) is 15.2. The fourth-order valence-electron chi connectivity index (χ4n) is 2.23. The number of nitrogens with one attached hydrogen (secondary N) is 2. The Labute approximate surface area is 121 Å². The van der Waals surface area contributed by atoms with Gasteiger partial charge in [-0.05, 0) is 31.6 Å². The predicted octanol–water partition coefficient (Wildman–Crippen LogP) is 0.534. The number of phenols is 1. The standard InChI is InChI=1S/C13H18N4O4/c18-10-2-3-11(12(8-10)17(20)21)15-13(19)9-16-6-1-4-14-5-7-16/h2-3,8,14,18H,1,4-7,9H2,(H,15,19). The van der Waals surface area contributed by atoms with Gasteiger partial charge in [0.05, 0.1) is 17.5 Å². The molecule has 0 atom stereocenters. The molecule has 114 valence electrons. The van der Waals surface area contributed by atoms with E-state index in [0.717, 1.165) is 38.7 Å². The van der Waals surface area contributed by atoms with Crippen molar-refractivity contribution in [3.63, 3.8) is 0 Å². The van der Waals surface area contributed by atoms with Crippen LogP contribution in [0.25, 0.3) is 0 Å². The fraction of sp³-hybridized carbons (Fsp3) is 0.462. The maximum atomic E-state index is 12.0. The lowest BCUT2D eigenvalue weighted by Gasteiger charge is -2.18. The Morgan fingerprint density at radius 3 is 3.00 bits per heavy atom. The molecule has 1 aromatic carbocycles. The van der Waals surface area contributed by atoms with Crippen molar-refractivity contribution in [1.82, 2.24) is 10.2 Å². The van der Waals surface area contributed by atoms with Gasteiger partial charge in [-0.15, -0.1) is 0 Å². The first-order valence-electron chi connectivity index (χ1n) is 6.76. The Morgan fingerprint density at radius 1 is 1.43 bits per heavy atom. The van der Waals surface area contributed by atoms with E-state index >= 15 is 0 Å². The molecule has 1 saturated heterocycles. The van der Waals surface area contributed by atoms with E-state index < -0.39 is 4.92 Å². The third kappa shape index (κ3) is 4.40. The molecule has 8 nitrogen and oxygen atoms in total. The summed E-state index contributed by atoms with van der Waals surface area (Å²) in [6.07, 6.45) is 0.965. The van der Waals surface area contributed by atoms with Gasteiger partial charge in [0.1, 0.15) is 11.4 Å². The van der Waals surface area contributed by atoms with E-state index in [-0.39, 0.29) is 29.6 Å². The van der Waals surface area contributed by atoms with E-state index in [0.29, 0.717) is 0 Å². The Bertz CT molecular complexity index is 527. The van der Waals surface area contributed by atoms with Gasteiger partial charge in [0, 0.05) is 13.1 Å². The number of nitrogens with zero attached hydrogens (tertiary/aromatic N) is 2. The van der Waals surface area contributed by atoms with E-state index in [1.165, 1.54) is 12.1 Å². The largest absolute Gasteiger partial charge is 0.508 e. The number of aromatic hydroxyl groups is 1. The van der Waals surface area contributed by atoms with Crippen LogP contribution in [0.4, 0.5) is 11.4 Å². The topological polar surface area (TPSA) is 108 Å². The van der Waals surface area contributed by atoms with Crippen molar-refractivity contribution in [3.8, 4) is 5.75 Å². The van der Waals surface area contributed by atoms with Gasteiger partial charge in [0.25, 0.3) is 5.69 Å². The predicted molar refractivity (Wildman–Crippen MR) is 77.3 cm³/mol. The summed E-state index contributed by atoms with van der Waals surface area (Å²) >= 11 is 0. The van der Waals surface area contributed by atoms with E-state index in [1.807, 2.05) is 4.90 Å². The molecule has 0 aromatic heterocycles. The smallest absolute Gasteiger partial charge is 0.296 e. The zero-order valence-corrected chi connectivity index (χ0v) is 11.5. The molecule has 21 heavy (non-hydrogen) atoms. The van der Waals surface area contributed by atoms with E-state index in [4.69, 9.17) is 0 Å². The van der Waals surface area contributed by atoms with Crippen LogP contribution in [-0.4, -0.2) is 53.6 Å². The van der Waals surface area contributed by atoms with Crippen molar-refractivity contribution in [2.75, 3.05) is 38.0 Å². The number of nitro groups is 1. The minimum absolute atomic E-state index is 0.0933. The Balaban J connectivity index is 2.00. The average molecular weight is 294 g/mol. The lowest BCUT2D eigenvalue weighted by molar-refractivity contribution is -0.384. The van der Waals surface area contributed by atoms with Crippen LogP contribution in [0.1, 0.15) is 6.42 Å². The molecule has 0 unspecified atom stereocenters. The van der Waals surface area contributed by atoms with Crippen molar-refractivity contribution in [2.24, 2.45) is 0 Å². The summed E-state index contributed by atoms with van der Waals surface area (Å²) in [5.74, 6) is -0.510. The number of hydrogen-bond acceptors (Lipinski definition) is 6. The van der Waals surface area contributed by atoms with Crippen LogP contribution in [0.15, 0.2) is 18.2 Å². The number of anilines is 1. The van der Waals surface area contributed by atoms with Crippen molar-refractivity contribution in [2.45, 2.75) is 6.42 Å². The molecule has 0 bridgehead atoms. The van der Waals surface area contributed by atoms with Crippen LogP contribution in [0.2, 0.25) is 0 Å². The summed E-state index contributed by atoms with van der Waals surface area (Å²) in [6, 6.07) is 3.65. The second-order valence-electron chi connectivity index (χ2n) is 4.89. The van der Waals surface area contributed by atoms with Gasteiger partial charge in [0.2, 0.25) is 5.91 Å². The molecule has 1 heterocycles. The first kappa shape index (κ1) is 15.2. The summed E-state index contributed by atoms with van der Waals surface area (Å²) < 4.78 is 0. The highest BCUT2D eigenvalue weighted by Crippen LogP contribution is 2.28. The quantitative estimate of drug-likeness (QED) is 0.425. The van der Waals surface area contributed by atoms with Crippen molar-refractivity contribution in [1.29, 1.82) is 0 Å². The lowest BCUT2D eigenvalue weighted by atomic mass is 10.2. The monoisotopic (exact) mass is 294 g/mol. The van der Waals surface area contributed by atoms with Crippen LogP contribution in [0, 0.1) is 10.1 Å². The third-order valence-corrected chi connectivity index (χ3v) is 3.25. The van der Waals surface area contributed by atoms with Crippen LogP contribution in [0.3, 0.4) is 0 Å². The maximum Gasteiger partial charge on any atom is 0.296 e. The van der Waals surface area contributed by atoms with Crippen LogP contribution >= 0.6 is 0 Å². The molecule has 1 aliphatic rings. The summed E-state index contributed by atoms with van der Waals surface area (Å²) in [5.41, 5.74) is -0.225. The number of carbonyl (C=O) groups is 1. The second kappa shape index (κ2) is 7.00. The summed E-state index contributed by atoms with van der Waals surface area (Å²) in [4.78, 5) is 24.3. The minimum atomic E-state index is -0.634. The van der Waals surface area contributed by atoms with Gasteiger partial charge in [-0.2, -0.15) is 0 Å². The van der Waals surface area contributed by atoms with Gasteiger partial charge in [0.15, 0.2) is 0 Å². The number of phenolic OH excluding ortho intramolecular Hbond substituents is 1. The fourth-order valence-corrected chi connectivity index (χ4v) is 2.23. The SMILES string of the molecule is O=C(CN1CCCNCC1)Nc1ccc(O)cc1[N+](=O)[O-]. The molecule has 2 rings (SSSR count). The first-order chi connectivity index (χ1) is 10.1. The Kier molecular flexibility index (Phi) is 5.07. The molecular formula is C13H18N4O4. The summed E-state index contributed by atoms with van der Waals surface area (Å²) in [7, 11) is 0. The van der Waals surface area contributed by atoms with Crippen molar-refractivity contribution >= 4 is 17.3 Å². The zero-order valence-electron chi connectivity index (χ0n) is 11.5. The van der Waals surface area contributed by atoms with Crippen LogP contribution < -0.4 is 10.6 Å². The van der Waals surface area contributed by atoms with Gasteiger partial charge in [-0.1, -0.05) is 0 Å². The average Bonchev–Trinajstić information content (AvgIpc) is 2.69. The van der Waals surface area contributed by atoms with E-state index in [9.17, 15) is 20.0 Å². The minimum Gasteiger partial charge on any atom is -0.508 e. The molecule has 1 aromatic rings. The van der Waals surface area contributed by atoms with Crippen LogP contribution in [0.5, 0.6) is 5.75 Å². The number of rotatable bonds is 4. The molecule has 8 heteroatoms. The number of amides is 1. The molecule has 0 saturated carbocycles. The van der Waals surface area contributed by atoms with Gasteiger partial charge >= 0.3 is 0 Å². The van der Waals surface area contributed by atoms with E-state index in [1.54, 1.807) is 0 Å². The van der Waals surface area contributed by atoms with E-state index in [2.05, 4.69) is 10.6 Å². The molecule has 0 spiro atoms. The van der Waals surface area contributed by atoms with Gasteiger partial charge < -0.3 is 15.7 Å². The number of hydrogen-bond donors (Lipinski definition) is 3. The maximum absolute atomic E-state index is 12.0. The second-order valence-corrected chi connectivity index (χ2v) is 4.89. The molecule has 0 aliphatic carbocycles. The normalized spacial score (nSPS) is 16.2. The Morgan fingerprint density at radius 2 is 2.24 bits per heavy atom. The van der Waals surface area contributed by atoms with Crippen molar-refractivity contribution < 1.29 is 14.8 Å². The molecule has 1 aliphatic heterocycles. The molecule has 0 radical (unpaired) electrons. The number of benzene rings is 1. The Hall–Kier alpha value is -2.19. The summed E-state index contributed by atoms with van der Waals surface area (Å²) in [6.45, 7) is 3.54. The highest BCUT2D eigenvalue weighted by Gasteiger charge is 2.18. The highest BCUT2D eigenvalue weighted by atomic mass is 16.6. The van der Waals surface area contributed by atoms with Gasteiger partial charge in [-0.3, -0.25) is 19.8 Å². The molecule has 1 amide bonds. The molecular weight excluding hydrogens is 276 g/mol. The van der Waals surface area contributed by atoms with Gasteiger partial charge in [-0.25, -0.2) is 0 Å². The molecule has 1 fully saturated rings. The highest BCUT2D eigenvalue weighted by molar-refractivity contribution is 5.94. The summed E-state index contributed by atoms with van der Waals surface area (Å²) in [5, 5.41) is 26.0. The van der Waals surface area contributed by atoms with Crippen molar-refractivity contribution in [3.05, 3.63) is 28.3 Å². The first-order valence-corrected chi connectivity index (χ1v) is 6.76. The third-order valence-electron chi connectivity index (χ3n) is 3.25.